The first-order valence-electron chi connectivity index (χ1n) is 3.73. The minimum Gasteiger partial charge on any atom is -0.140 e. The molecular formula is C9H11PS. The zero-order chi connectivity index (χ0) is 8.01. The Morgan fingerprint density at radius 1 is 1.45 bits per heavy atom. The monoisotopic (exact) mass is 182 g/mol. The molecule has 1 aliphatic carbocycles. The Hall–Kier alpha value is -0.130. The van der Waals surface area contributed by atoms with E-state index < -0.39 is 0 Å². The molecule has 1 aromatic heterocycles. The van der Waals surface area contributed by atoms with Crippen LogP contribution < -0.4 is 4.62 Å². The van der Waals surface area contributed by atoms with E-state index in [1.165, 1.54) is 27.7 Å². The maximum atomic E-state index is 2.81. The summed E-state index contributed by atoms with van der Waals surface area (Å²) in [6.45, 7) is 4.40. The van der Waals surface area contributed by atoms with Gasteiger partial charge in [0.2, 0.25) is 0 Å². The zero-order valence-electron chi connectivity index (χ0n) is 6.77. The van der Waals surface area contributed by atoms with Gasteiger partial charge in [0.05, 0.1) is 0 Å². The topological polar surface area (TPSA) is 0 Å². The predicted octanol–water partition coefficient (Wildman–Crippen LogP) is 2.52. The summed E-state index contributed by atoms with van der Waals surface area (Å²) in [6, 6.07) is 0. The predicted molar refractivity (Wildman–Crippen MR) is 55.8 cm³/mol. The lowest BCUT2D eigenvalue weighted by atomic mass is 10.2. The maximum Gasteiger partial charge on any atom is 0.0254 e. The average Bonchev–Trinajstić information content (AvgIpc) is 2.37. The molecule has 11 heavy (non-hydrogen) atoms. The highest BCUT2D eigenvalue weighted by Crippen LogP contribution is 2.32. The van der Waals surface area contributed by atoms with Crippen LogP contribution in [0.5, 0.6) is 0 Å². The Kier molecular flexibility index (Phi) is 1.66. The fourth-order valence-corrected chi connectivity index (χ4v) is 3.21. The van der Waals surface area contributed by atoms with Gasteiger partial charge in [-0.25, -0.2) is 0 Å². The molecular weight excluding hydrogens is 171 g/mol. The van der Waals surface area contributed by atoms with Crippen molar-refractivity contribution >= 4 is 31.3 Å². The van der Waals surface area contributed by atoms with Crippen LogP contribution in [0.3, 0.4) is 0 Å². The summed E-state index contributed by atoms with van der Waals surface area (Å²) in [7, 11) is 2.81. The summed E-state index contributed by atoms with van der Waals surface area (Å²) in [5.74, 6) is 0. The van der Waals surface area contributed by atoms with Crippen molar-refractivity contribution in [2.24, 2.45) is 0 Å². The third-order valence-corrected chi connectivity index (χ3v) is 4.06. The van der Waals surface area contributed by atoms with Gasteiger partial charge in [0.25, 0.3) is 0 Å². The number of allylic oxidation sites excluding steroid dienone is 1. The van der Waals surface area contributed by atoms with Crippen LogP contribution >= 0.6 is 20.6 Å². The standard InChI is InChI=1S/C9H11PS/c1-5-3-7-6(2)9(10)11-8(7)4-5/h3H,4,10H2,1-2H3. The largest absolute Gasteiger partial charge is 0.140 e. The molecule has 0 N–H and O–H groups in total. The van der Waals surface area contributed by atoms with E-state index in [4.69, 9.17) is 0 Å². The van der Waals surface area contributed by atoms with Gasteiger partial charge in [-0.2, -0.15) is 0 Å². The second-order valence-electron chi connectivity index (χ2n) is 3.10. The minimum atomic E-state index is 1.18. The molecule has 0 bridgehead atoms. The first-order valence-corrected chi connectivity index (χ1v) is 5.13. The van der Waals surface area contributed by atoms with Gasteiger partial charge in [0.15, 0.2) is 0 Å². The summed E-state index contributed by atoms with van der Waals surface area (Å²) in [6.07, 6.45) is 3.49. The Balaban J connectivity index is 2.61. The van der Waals surface area contributed by atoms with Gasteiger partial charge in [-0.3, -0.25) is 0 Å². The first-order chi connectivity index (χ1) is 5.18. The molecule has 1 unspecified atom stereocenters. The molecule has 0 amide bonds. The van der Waals surface area contributed by atoms with Crippen LogP contribution in [0.2, 0.25) is 0 Å². The Morgan fingerprint density at radius 2 is 2.18 bits per heavy atom. The number of fused-ring (bicyclic) bond motifs is 1. The smallest absolute Gasteiger partial charge is 0.0254 e. The van der Waals surface area contributed by atoms with E-state index in [0.29, 0.717) is 0 Å². The molecule has 0 saturated heterocycles. The maximum absolute atomic E-state index is 2.81. The van der Waals surface area contributed by atoms with E-state index in [-0.39, 0.29) is 0 Å². The summed E-state index contributed by atoms with van der Waals surface area (Å²) < 4.78 is 1.40. The molecule has 0 fully saturated rings. The zero-order valence-corrected chi connectivity index (χ0v) is 8.74. The van der Waals surface area contributed by atoms with E-state index in [0.717, 1.165) is 0 Å². The first kappa shape index (κ1) is 7.52. The molecule has 2 heteroatoms. The van der Waals surface area contributed by atoms with Gasteiger partial charge in [-0.1, -0.05) is 20.9 Å². The second-order valence-corrected chi connectivity index (χ2v) is 5.23. The van der Waals surface area contributed by atoms with Gasteiger partial charge in [-0.05, 0) is 25.0 Å². The lowest BCUT2D eigenvalue weighted by Gasteiger charge is -1.89. The van der Waals surface area contributed by atoms with Gasteiger partial charge < -0.3 is 0 Å². The summed E-state index contributed by atoms with van der Waals surface area (Å²) in [5.41, 5.74) is 4.43. The number of hydrogen-bond donors (Lipinski definition) is 0. The van der Waals surface area contributed by atoms with E-state index >= 15 is 0 Å². The van der Waals surface area contributed by atoms with Crippen molar-refractivity contribution in [2.75, 3.05) is 0 Å². The van der Waals surface area contributed by atoms with E-state index in [9.17, 15) is 0 Å². The summed E-state index contributed by atoms with van der Waals surface area (Å²) in [4.78, 5) is 1.55. The quantitative estimate of drug-likeness (QED) is 0.541. The van der Waals surface area contributed by atoms with Crippen molar-refractivity contribution in [3.05, 3.63) is 21.6 Å². The van der Waals surface area contributed by atoms with Gasteiger partial charge in [0.1, 0.15) is 0 Å². The van der Waals surface area contributed by atoms with Crippen LogP contribution in [0.15, 0.2) is 5.57 Å². The number of hydrogen-bond acceptors (Lipinski definition) is 1. The van der Waals surface area contributed by atoms with Crippen molar-refractivity contribution < 1.29 is 0 Å². The molecule has 0 radical (unpaired) electrons. The summed E-state index contributed by atoms with van der Waals surface area (Å²) in [5, 5.41) is 0. The van der Waals surface area contributed by atoms with Gasteiger partial charge in [-0.15, -0.1) is 11.3 Å². The highest BCUT2D eigenvalue weighted by molar-refractivity contribution is 7.43. The lowest BCUT2D eigenvalue weighted by molar-refractivity contribution is 1.23. The average molecular weight is 182 g/mol. The van der Waals surface area contributed by atoms with Crippen LogP contribution in [-0.4, -0.2) is 0 Å². The molecule has 58 valence electrons. The van der Waals surface area contributed by atoms with Crippen molar-refractivity contribution in [3.63, 3.8) is 0 Å². The minimum absolute atomic E-state index is 1.18. The Bertz CT molecular complexity index is 334. The van der Waals surface area contributed by atoms with E-state index in [1.807, 2.05) is 11.3 Å². The Labute approximate surface area is 73.5 Å². The van der Waals surface area contributed by atoms with Crippen LogP contribution in [-0.2, 0) is 6.42 Å². The molecule has 0 saturated carbocycles. The molecule has 1 heterocycles. The SMILES string of the molecule is CC1=Cc2c(sc(P)c2C)C1. The van der Waals surface area contributed by atoms with E-state index in [1.54, 1.807) is 4.88 Å². The van der Waals surface area contributed by atoms with Gasteiger partial charge >= 0.3 is 0 Å². The molecule has 1 atom stereocenters. The lowest BCUT2D eigenvalue weighted by Crippen LogP contribution is -1.85. The van der Waals surface area contributed by atoms with Crippen LogP contribution in [0.25, 0.3) is 6.08 Å². The molecule has 0 nitrogen and oxygen atoms in total. The fourth-order valence-electron chi connectivity index (χ4n) is 1.48. The van der Waals surface area contributed by atoms with Crippen molar-refractivity contribution in [2.45, 2.75) is 20.3 Å². The third kappa shape index (κ3) is 1.07. The highest BCUT2D eigenvalue weighted by atomic mass is 32.1. The fraction of sp³-hybridized carbons (Fsp3) is 0.333. The molecule has 0 aliphatic heterocycles. The number of thiophene rings is 1. The molecule has 1 aromatic rings. The normalized spacial score (nSPS) is 15.0. The van der Waals surface area contributed by atoms with Crippen molar-refractivity contribution in [3.8, 4) is 0 Å². The van der Waals surface area contributed by atoms with Crippen LogP contribution in [0.1, 0.15) is 22.9 Å². The second kappa shape index (κ2) is 2.43. The molecule has 0 aromatic carbocycles. The number of rotatable bonds is 0. The van der Waals surface area contributed by atoms with E-state index in [2.05, 4.69) is 29.2 Å². The third-order valence-electron chi connectivity index (χ3n) is 2.14. The van der Waals surface area contributed by atoms with Crippen LogP contribution in [0, 0.1) is 6.92 Å². The molecule has 1 aliphatic rings. The van der Waals surface area contributed by atoms with Crippen LogP contribution in [0.4, 0.5) is 0 Å². The molecule has 0 spiro atoms. The Morgan fingerprint density at radius 3 is 2.82 bits per heavy atom. The highest BCUT2D eigenvalue weighted by Gasteiger charge is 2.15. The summed E-state index contributed by atoms with van der Waals surface area (Å²) >= 11 is 1.92. The van der Waals surface area contributed by atoms with Crippen molar-refractivity contribution in [1.29, 1.82) is 0 Å². The molecule has 2 rings (SSSR count). The van der Waals surface area contributed by atoms with Crippen molar-refractivity contribution in [1.82, 2.24) is 0 Å². The van der Waals surface area contributed by atoms with Gasteiger partial charge in [0, 0.05) is 15.9 Å².